The molecule has 0 N–H and O–H groups in total. The van der Waals surface area contributed by atoms with E-state index < -0.39 is 0 Å². The molecule has 0 bridgehead atoms. The number of rotatable bonds is 6. The Labute approximate surface area is 196 Å². The van der Waals surface area contributed by atoms with Gasteiger partial charge in [-0.1, -0.05) is 67.6 Å². The van der Waals surface area contributed by atoms with Crippen molar-refractivity contribution in [3.63, 3.8) is 0 Å². The highest BCUT2D eigenvalue weighted by atomic mass is 16.2. The van der Waals surface area contributed by atoms with Gasteiger partial charge in [-0.3, -0.25) is 4.79 Å². The van der Waals surface area contributed by atoms with Crippen LogP contribution in [0.1, 0.15) is 41.6 Å². The van der Waals surface area contributed by atoms with E-state index in [0.717, 1.165) is 61.8 Å². The van der Waals surface area contributed by atoms with E-state index in [1.807, 2.05) is 54.3 Å². The number of benzene rings is 2. The molecular weight excluding hydrogens is 408 g/mol. The van der Waals surface area contributed by atoms with E-state index in [4.69, 9.17) is 9.97 Å². The summed E-state index contributed by atoms with van der Waals surface area (Å²) in [6.07, 6.45) is 6.19. The SMILES string of the molecule is CCc1nc(C)nc(N2CCCN(C(=O)C=Cc3ccccc3)CC2)c1Cc1ccccc1. The molecule has 1 aliphatic rings. The maximum atomic E-state index is 12.8. The van der Waals surface area contributed by atoms with Crippen molar-refractivity contribution in [2.45, 2.75) is 33.1 Å². The molecular formula is C28H32N4O. The molecule has 3 aromatic rings. The lowest BCUT2D eigenvalue weighted by molar-refractivity contribution is -0.125. The minimum absolute atomic E-state index is 0.0679. The summed E-state index contributed by atoms with van der Waals surface area (Å²) < 4.78 is 0. The highest BCUT2D eigenvalue weighted by Gasteiger charge is 2.22. The Morgan fingerprint density at radius 2 is 1.67 bits per heavy atom. The highest BCUT2D eigenvalue weighted by Crippen LogP contribution is 2.26. The molecule has 4 rings (SSSR count). The van der Waals surface area contributed by atoms with Gasteiger partial charge in [0.25, 0.3) is 0 Å². The first-order valence-electron chi connectivity index (χ1n) is 11.8. The van der Waals surface area contributed by atoms with Crippen LogP contribution in [0, 0.1) is 6.92 Å². The van der Waals surface area contributed by atoms with Crippen LogP contribution in [0.2, 0.25) is 0 Å². The van der Waals surface area contributed by atoms with E-state index in [1.165, 1.54) is 11.1 Å². The van der Waals surface area contributed by atoms with Crippen molar-refractivity contribution in [2.75, 3.05) is 31.1 Å². The second kappa shape index (κ2) is 10.9. The average Bonchev–Trinajstić information content (AvgIpc) is 3.11. The van der Waals surface area contributed by atoms with E-state index in [2.05, 4.69) is 36.1 Å². The van der Waals surface area contributed by atoms with Crippen molar-refractivity contribution >= 4 is 17.8 Å². The minimum Gasteiger partial charge on any atom is -0.354 e. The standard InChI is InChI=1S/C28H32N4O/c1-3-26-25(21-24-13-8-5-9-14-24)28(30-22(2)29-26)32-18-10-17-31(19-20-32)27(33)16-15-23-11-6-4-7-12-23/h4-9,11-16H,3,10,17-21H2,1-2H3. The third-order valence-corrected chi connectivity index (χ3v) is 6.07. The molecule has 0 unspecified atom stereocenters. The van der Waals surface area contributed by atoms with Crippen LogP contribution in [-0.4, -0.2) is 47.0 Å². The van der Waals surface area contributed by atoms with E-state index in [9.17, 15) is 4.79 Å². The first kappa shape index (κ1) is 22.7. The number of aromatic nitrogens is 2. The lowest BCUT2D eigenvalue weighted by Gasteiger charge is -2.26. The van der Waals surface area contributed by atoms with Crippen LogP contribution < -0.4 is 4.90 Å². The van der Waals surface area contributed by atoms with Crippen LogP contribution in [0.3, 0.4) is 0 Å². The second-order valence-corrected chi connectivity index (χ2v) is 8.45. The largest absolute Gasteiger partial charge is 0.354 e. The number of hydrogen-bond donors (Lipinski definition) is 0. The number of hydrogen-bond acceptors (Lipinski definition) is 4. The van der Waals surface area contributed by atoms with Crippen LogP contribution in [0.5, 0.6) is 0 Å². The first-order valence-corrected chi connectivity index (χ1v) is 11.8. The third-order valence-electron chi connectivity index (χ3n) is 6.07. The minimum atomic E-state index is 0.0679. The second-order valence-electron chi connectivity index (χ2n) is 8.45. The molecule has 0 spiro atoms. The van der Waals surface area contributed by atoms with Crippen LogP contribution in [0.15, 0.2) is 66.7 Å². The van der Waals surface area contributed by atoms with Crippen LogP contribution in [0.4, 0.5) is 5.82 Å². The van der Waals surface area contributed by atoms with Gasteiger partial charge in [0, 0.05) is 49.9 Å². The molecule has 1 aliphatic heterocycles. The normalized spacial score (nSPS) is 14.5. The number of aryl methyl sites for hydroxylation is 2. The fourth-order valence-corrected chi connectivity index (χ4v) is 4.36. The summed E-state index contributed by atoms with van der Waals surface area (Å²) in [7, 11) is 0. The van der Waals surface area contributed by atoms with E-state index >= 15 is 0 Å². The van der Waals surface area contributed by atoms with Gasteiger partial charge in [-0.25, -0.2) is 9.97 Å². The molecule has 0 aliphatic carbocycles. The number of anilines is 1. The molecule has 0 atom stereocenters. The molecule has 1 amide bonds. The van der Waals surface area contributed by atoms with Gasteiger partial charge < -0.3 is 9.80 Å². The van der Waals surface area contributed by atoms with Crippen molar-refractivity contribution < 1.29 is 4.79 Å². The van der Waals surface area contributed by atoms with Crippen molar-refractivity contribution in [1.29, 1.82) is 0 Å². The van der Waals surface area contributed by atoms with Gasteiger partial charge in [-0.05, 0) is 37.0 Å². The Bertz CT molecular complexity index is 1100. The van der Waals surface area contributed by atoms with Gasteiger partial charge in [0.1, 0.15) is 11.6 Å². The Morgan fingerprint density at radius 1 is 0.939 bits per heavy atom. The van der Waals surface area contributed by atoms with Gasteiger partial charge in [0.2, 0.25) is 5.91 Å². The van der Waals surface area contributed by atoms with Crippen molar-refractivity contribution in [1.82, 2.24) is 14.9 Å². The smallest absolute Gasteiger partial charge is 0.246 e. The average molecular weight is 441 g/mol. The van der Waals surface area contributed by atoms with Crippen LogP contribution in [-0.2, 0) is 17.6 Å². The highest BCUT2D eigenvalue weighted by molar-refractivity contribution is 5.91. The molecule has 0 saturated carbocycles. The monoisotopic (exact) mass is 440 g/mol. The summed E-state index contributed by atoms with van der Waals surface area (Å²) in [6.45, 7) is 7.22. The Morgan fingerprint density at radius 3 is 2.39 bits per heavy atom. The summed E-state index contributed by atoms with van der Waals surface area (Å²) in [5.74, 6) is 1.90. The summed E-state index contributed by atoms with van der Waals surface area (Å²) in [5, 5.41) is 0. The van der Waals surface area contributed by atoms with Gasteiger partial charge in [0.05, 0.1) is 0 Å². The number of carbonyl (C=O) groups is 1. The first-order chi connectivity index (χ1) is 16.1. The van der Waals surface area contributed by atoms with E-state index in [0.29, 0.717) is 6.54 Å². The summed E-state index contributed by atoms with van der Waals surface area (Å²) in [5.41, 5.74) is 4.62. The molecule has 2 heterocycles. The zero-order valence-corrected chi connectivity index (χ0v) is 19.6. The third kappa shape index (κ3) is 5.86. The van der Waals surface area contributed by atoms with Crippen molar-refractivity contribution in [3.8, 4) is 0 Å². The quantitative estimate of drug-likeness (QED) is 0.522. The fourth-order valence-electron chi connectivity index (χ4n) is 4.36. The Balaban J connectivity index is 1.52. The molecule has 5 nitrogen and oxygen atoms in total. The van der Waals surface area contributed by atoms with E-state index in [-0.39, 0.29) is 5.91 Å². The molecule has 170 valence electrons. The fraction of sp³-hybridized carbons (Fsp3) is 0.321. The van der Waals surface area contributed by atoms with Gasteiger partial charge in [0.15, 0.2) is 0 Å². The maximum absolute atomic E-state index is 12.8. The number of amides is 1. The van der Waals surface area contributed by atoms with E-state index in [1.54, 1.807) is 6.08 Å². The zero-order chi connectivity index (χ0) is 23.0. The number of nitrogens with zero attached hydrogens (tertiary/aromatic N) is 4. The molecule has 1 fully saturated rings. The maximum Gasteiger partial charge on any atom is 0.246 e. The lowest BCUT2D eigenvalue weighted by Crippen LogP contribution is -2.35. The van der Waals surface area contributed by atoms with Crippen LogP contribution >= 0.6 is 0 Å². The van der Waals surface area contributed by atoms with Crippen molar-refractivity contribution in [3.05, 3.63) is 94.9 Å². The predicted molar refractivity (Wildman–Crippen MR) is 134 cm³/mol. The molecule has 2 aromatic carbocycles. The van der Waals surface area contributed by atoms with Gasteiger partial charge in [-0.2, -0.15) is 0 Å². The Hall–Kier alpha value is -3.47. The summed E-state index contributed by atoms with van der Waals surface area (Å²) >= 11 is 0. The number of carbonyl (C=O) groups excluding carboxylic acids is 1. The Kier molecular flexibility index (Phi) is 7.51. The molecule has 1 aromatic heterocycles. The van der Waals surface area contributed by atoms with Crippen molar-refractivity contribution in [2.24, 2.45) is 0 Å². The predicted octanol–water partition coefficient (Wildman–Crippen LogP) is 4.69. The lowest BCUT2D eigenvalue weighted by atomic mass is 10.0. The molecule has 0 radical (unpaired) electrons. The van der Waals surface area contributed by atoms with Crippen LogP contribution in [0.25, 0.3) is 6.08 Å². The molecule has 1 saturated heterocycles. The zero-order valence-electron chi connectivity index (χ0n) is 19.6. The molecule has 5 heteroatoms. The van der Waals surface area contributed by atoms with Gasteiger partial charge in [-0.15, -0.1) is 0 Å². The summed E-state index contributed by atoms with van der Waals surface area (Å²) in [6, 6.07) is 20.5. The molecule has 33 heavy (non-hydrogen) atoms. The topological polar surface area (TPSA) is 49.3 Å². The summed E-state index contributed by atoms with van der Waals surface area (Å²) in [4.78, 5) is 26.8. The van der Waals surface area contributed by atoms with Gasteiger partial charge >= 0.3 is 0 Å².